The topological polar surface area (TPSA) is 79.5 Å². The molecule has 0 amide bonds. The van der Waals surface area contributed by atoms with Gasteiger partial charge in [-0.2, -0.15) is 4.98 Å². The highest BCUT2D eigenvalue weighted by molar-refractivity contribution is 5.67. The fourth-order valence-corrected chi connectivity index (χ4v) is 2.16. The Morgan fingerprint density at radius 2 is 2.47 bits per heavy atom. The van der Waals surface area contributed by atoms with Crippen LogP contribution in [0.15, 0.2) is 4.52 Å². The first kappa shape index (κ1) is 12.0. The molecule has 6 nitrogen and oxygen atoms in total. The molecule has 1 aromatic heterocycles. The number of likely N-dealkylation sites (tertiary alicyclic amines) is 1. The van der Waals surface area contributed by atoms with E-state index in [1.807, 2.05) is 6.92 Å². The Labute approximate surface area is 99.6 Å². The molecule has 1 fully saturated rings. The Morgan fingerprint density at radius 1 is 1.65 bits per heavy atom. The van der Waals surface area contributed by atoms with E-state index in [0.29, 0.717) is 12.4 Å². The second-order valence-electron chi connectivity index (χ2n) is 4.45. The fraction of sp³-hybridized carbons (Fsp3) is 0.727. The second kappa shape index (κ2) is 5.27. The molecule has 0 bridgehead atoms. The summed E-state index contributed by atoms with van der Waals surface area (Å²) < 4.78 is 5.11. The molecule has 1 aliphatic rings. The van der Waals surface area contributed by atoms with Gasteiger partial charge in [-0.05, 0) is 18.9 Å². The van der Waals surface area contributed by atoms with E-state index < -0.39 is 5.97 Å². The molecule has 17 heavy (non-hydrogen) atoms. The molecule has 0 saturated carbocycles. The molecule has 1 N–H and O–H groups in total. The van der Waals surface area contributed by atoms with Crippen molar-refractivity contribution in [3.8, 4) is 0 Å². The summed E-state index contributed by atoms with van der Waals surface area (Å²) in [7, 11) is 0. The highest BCUT2D eigenvalue weighted by Crippen LogP contribution is 2.20. The zero-order valence-corrected chi connectivity index (χ0v) is 9.93. The van der Waals surface area contributed by atoms with Crippen molar-refractivity contribution in [2.75, 3.05) is 13.1 Å². The largest absolute Gasteiger partial charge is 0.481 e. The third-order valence-corrected chi connectivity index (χ3v) is 3.02. The number of rotatable bonds is 5. The number of aromatic nitrogens is 2. The summed E-state index contributed by atoms with van der Waals surface area (Å²) in [6, 6.07) is 0. The molecule has 2 heterocycles. The van der Waals surface area contributed by atoms with E-state index in [0.717, 1.165) is 31.8 Å². The van der Waals surface area contributed by atoms with Crippen molar-refractivity contribution in [2.24, 2.45) is 5.92 Å². The van der Waals surface area contributed by atoms with Crippen LogP contribution in [0.25, 0.3) is 0 Å². The van der Waals surface area contributed by atoms with Crippen LogP contribution in [0.2, 0.25) is 0 Å². The molecule has 1 unspecified atom stereocenters. The monoisotopic (exact) mass is 239 g/mol. The molecule has 0 aromatic carbocycles. The van der Waals surface area contributed by atoms with Gasteiger partial charge in [0.05, 0.1) is 6.54 Å². The molecule has 6 heteroatoms. The minimum Gasteiger partial charge on any atom is -0.481 e. The molecule has 0 radical (unpaired) electrons. The van der Waals surface area contributed by atoms with E-state index >= 15 is 0 Å². The van der Waals surface area contributed by atoms with Crippen molar-refractivity contribution in [3.05, 3.63) is 11.7 Å². The number of nitrogens with zero attached hydrogens (tertiary/aromatic N) is 3. The maximum atomic E-state index is 10.6. The summed E-state index contributed by atoms with van der Waals surface area (Å²) in [4.78, 5) is 17.0. The van der Waals surface area contributed by atoms with Crippen LogP contribution in [0, 0.1) is 5.92 Å². The summed E-state index contributed by atoms with van der Waals surface area (Å²) in [5.41, 5.74) is 0. The van der Waals surface area contributed by atoms with Crippen LogP contribution in [0.1, 0.15) is 31.5 Å². The fourth-order valence-electron chi connectivity index (χ4n) is 2.16. The third kappa shape index (κ3) is 3.26. The Bertz CT molecular complexity index is 391. The summed E-state index contributed by atoms with van der Waals surface area (Å²) in [5, 5.41) is 12.6. The SMILES string of the molecule is CCc1noc(CN2CCC(CC(=O)O)C2)n1. The van der Waals surface area contributed by atoms with Gasteiger partial charge in [-0.15, -0.1) is 0 Å². The average Bonchev–Trinajstić information content (AvgIpc) is 2.88. The van der Waals surface area contributed by atoms with Gasteiger partial charge in [0.25, 0.3) is 0 Å². The number of hydrogen-bond donors (Lipinski definition) is 1. The Hall–Kier alpha value is -1.43. The van der Waals surface area contributed by atoms with Crippen molar-refractivity contribution < 1.29 is 14.4 Å². The van der Waals surface area contributed by atoms with Gasteiger partial charge in [0.1, 0.15) is 0 Å². The van der Waals surface area contributed by atoms with Crippen LogP contribution >= 0.6 is 0 Å². The molecule has 1 aromatic rings. The van der Waals surface area contributed by atoms with Crippen molar-refractivity contribution in [1.29, 1.82) is 0 Å². The van der Waals surface area contributed by atoms with E-state index in [9.17, 15) is 4.79 Å². The van der Waals surface area contributed by atoms with E-state index in [4.69, 9.17) is 9.63 Å². The van der Waals surface area contributed by atoms with Crippen LogP contribution in [0.5, 0.6) is 0 Å². The van der Waals surface area contributed by atoms with Crippen LogP contribution < -0.4 is 0 Å². The third-order valence-electron chi connectivity index (χ3n) is 3.02. The smallest absolute Gasteiger partial charge is 0.303 e. The highest BCUT2D eigenvalue weighted by atomic mass is 16.5. The van der Waals surface area contributed by atoms with Gasteiger partial charge in [-0.1, -0.05) is 12.1 Å². The van der Waals surface area contributed by atoms with Crippen molar-refractivity contribution in [3.63, 3.8) is 0 Å². The predicted octanol–water partition coefficient (Wildman–Crippen LogP) is 0.929. The van der Waals surface area contributed by atoms with E-state index in [2.05, 4.69) is 15.0 Å². The van der Waals surface area contributed by atoms with E-state index in [-0.39, 0.29) is 12.3 Å². The first-order valence-electron chi connectivity index (χ1n) is 5.93. The molecule has 0 aliphatic carbocycles. The zero-order valence-electron chi connectivity index (χ0n) is 9.93. The predicted molar refractivity (Wildman–Crippen MR) is 59.3 cm³/mol. The van der Waals surface area contributed by atoms with Gasteiger partial charge in [0.2, 0.25) is 5.89 Å². The van der Waals surface area contributed by atoms with Gasteiger partial charge in [-0.25, -0.2) is 0 Å². The van der Waals surface area contributed by atoms with Crippen molar-refractivity contribution >= 4 is 5.97 Å². The Balaban J connectivity index is 1.83. The summed E-state index contributed by atoms with van der Waals surface area (Å²) in [5.74, 6) is 0.878. The minimum absolute atomic E-state index is 0.251. The maximum Gasteiger partial charge on any atom is 0.303 e. The summed E-state index contributed by atoms with van der Waals surface area (Å²) in [6.07, 6.45) is 1.95. The molecule has 2 rings (SSSR count). The molecular formula is C11H17N3O3. The lowest BCUT2D eigenvalue weighted by molar-refractivity contribution is -0.138. The lowest BCUT2D eigenvalue weighted by Gasteiger charge is -2.12. The van der Waals surface area contributed by atoms with Gasteiger partial charge >= 0.3 is 5.97 Å². The first-order valence-corrected chi connectivity index (χ1v) is 5.93. The van der Waals surface area contributed by atoms with Crippen LogP contribution in [-0.2, 0) is 17.8 Å². The van der Waals surface area contributed by atoms with E-state index in [1.165, 1.54) is 0 Å². The van der Waals surface area contributed by atoms with Gasteiger partial charge in [-0.3, -0.25) is 9.69 Å². The number of hydrogen-bond acceptors (Lipinski definition) is 5. The molecule has 1 atom stereocenters. The zero-order chi connectivity index (χ0) is 12.3. The lowest BCUT2D eigenvalue weighted by Crippen LogP contribution is -2.21. The quantitative estimate of drug-likeness (QED) is 0.823. The standard InChI is InChI=1S/C11H17N3O3/c1-2-9-12-10(17-13-9)7-14-4-3-8(6-14)5-11(15)16/h8H,2-7H2,1H3,(H,15,16). The summed E-state index contributed by atoms with van der Waals surface area (Å²) >= 11 is 0. The average molecular weight is 239 g/mol. The number of aryl methyl sites for hydroxylation is 1. The molecule has 94 valence electrons. The Morgan fingerprint density at radius 3 is 3.12 bits per heavy atom. The first-order chi connectivity index (χ1) is 8.17. The number of carboxylic acid groups (broad SMARTS) is 1. The normalized spacial score (nSPS) is 20.9. The molecule has 1 aliphatic heterocycles. The van der Waals surface area contributed by atoms with Crippen molar-refractivity contribution in [1.82, 2.24) is 15.0 Å². The van der Waals surface area contributed by atoms with Crippen LogP contribution in [0.3, 0.4) is 0 Å². The molecule has 0 spiro atoms. The van der Waals surface area contributed by atoms with Crippen molar-refractivity contribution in [2.45, 2.75) is 32.7 Å². The van der Waals surface area contributed by atoms with Crippen LogP contribution in [-0.4, -0.2) is 39.2 Å². The van der Waals surface area contributed by atoms with Crippen LogP contribution in [0.4, 0.5) is 0 Å². The summed E-state index contributed by atoms with van der Waals surface area (Å²) in [6.45, 7) is 4.31. The lowest BCUT2D eigenvalue weighted by atomic mass is 10.1. The number of carboxylic acids is 1. The number of carbonyl (C=O) groups is 1. The van der Waals surface area contributed by atoms with Gasteiger partial charge in [0.15, 0.2) is 5.82 Å². The highest BCUT2D eigenvalue weighted by Gasteiger charge is 2.25. The van der Waals surface area contributed by atoms with E-state index in [1.54, 1.807) is 0 Å². The minimum atomic E-state index is -0.720. The van der Waals surface area contributed by atoms with Gasteiger partial charge in [0, 0.05) is 19.4 Å². The number of aliphatic carboxylic acids is 1. The molecule has 1 saturated heterocycles. The Kier molecular flexibility index (Phi) is 3.73. The maximum absolute atomic E-state index is 10.6. The molecular weight excluding hydrogens is 222 g/mol. The second-order valence-corrected chi connectivity index (χ2v) is 4.45. The van der Waals surface area contributed by atoms with Gasteiger partial charge < -0.3 is 9.63 Å².